The van der Waals surface area contributed by atoms with Gasteiger partial charge in [0.2, 0.25) is 0 Å². The Morgan fingerprint density at radius 1 is 0.684 bits per heavy atom. The first kappa shape index (κ1) is 18.2. The smallest absolute Gasteiger partial charge is 0.315 e. The molecule has 0 aromatic rings. The summed E-state index contributed by atoms with van der Waals surface area (Å²) in [6.07, 6.45) is 3.88. The van der Waals surface area contributed by atoms with Gasteiger partial charge in [0.05, 0.1) is 0 Å². The summed E-state index contributed by atoms with van der Waals surface area (Å²) in [7, 11) is 0. The molecule has 0 saturated heterocycles. The number of hydrogen-bond donors (Lipinski definition) is 0. The first-order chi connectivity index (χ1) is 8.25. The molecular weight excluding hydrogens is 359 g/mol. The Hall–Kier alpha value is -0.837. The van der Waals surface area contributed by atoms with Crippen LogP contribution in [-0.4, -0.2) is 0 Å². The predicted octanol–water partition coefficient (Wildman–Crippen LogP) is 4.88. The van der Waals surface area contributed by atoms with Crippen LogP contribution < -0.4 is 0 Å². The van der Waals surface area contributed by atoms with Crippen molar-refractivity contribution in [3.05, 3.63) is 47.1 Å². The summed E-state index contributed by atoms with van der Waals surface area (Å²) in [4.78, 5) is 0. The zero-order chi connectivity index (χ0) is 14.0. The zero-order valence-corrected chi connectivity index (χ0v) is 11.5. The van der Waals surface area contributed by atoms with Gasteiger partial charge in [-0.2, -0.15) is 0 Å². The van der Waals surface area contributed by atoms with Gasteiger partial charge in [-0.1, -0.05) is 25.7 Å². The van der Waals surface area contributed by atoms with Crippen molar-refractivity contribution in [2.45, 2.75) is 13.8 Å². The van der Waals surface area contributed by atoms with Crippen LogP contribution in [0, 0.1) is 24.0 Å². The fourth-order valence-electron chi connectivity index (χ4n) is 1.22. The van der Waals surface area contributed by atoms with Crippen molar-refractivity contribution in [1.82, 2.24) is 0 Å². The van der Waals surface area contributed by atoms with Crippen LogP contribution in [0.1, 0.15) is 13.8 Å². The standard InChI is InChI=1S/2C6H4F3.Ru/c2*1-3-2-4(7)6(9)5(3)8;/h2*3H,1H3;/q2*-1;+2. The van der Waals surface area contributed by atoms with Gasteiger partial charge in [0.1, 0.15) is 0 Å². The zero-order valence-electron chi connectivity index (χ0n) is 9.78. The van der Waals surface area contributed by atoms with E-state index in [1.54, 1.807) is 0 Å². The van der Waals surface area contributed by atoms with Crippen LogP contribution in [0.4, 0.5) is 26.3 Å². The van der Waals surface area contributed by atoms with Crippen molar-refractivity contribution in [2.75, 3.05) is 0 Å². The summed E-state index contributed by atoms with van der Waals surface area (Å²) in [5.74, 6) is -9.06. The average Bonchev–Trinajstić information content (AvgIpc) is 2.66. The molecule has 0 spiro atoms. The molecule has 0 nitrogen and oxygen atoms in total. The van der Waals surface area contributed by atoms with E-state index < -0.39 is 46.8 Å². The molecule has 106 valence electrons. The van der Waals surface area contributed by atoms with E-state index in [1.807, 2.05) is 12.2 Å². The molecule has 0 saturated carbocycles. The molecule has 7 heteroatoms. The second-order valence-corrected chi connectivity index (χ2v) is 3.68. The Morgan fingerprint density at radius 3 is 1.00 bits per heavy atom. The van der Waals surface area contributed by atoms with E-state index in [9.17, 15) is 26.3 Å². The minimum Gasteiger partial charge on any atom is -0.315 e. The summed E-state index contributed by atoms with van der Waals surface area (Å²) >= 11 is 0. The maximum atomic E-state index is 12.1. The molecule has 0 N–H and O–H groups in total. The molecule has 0 aromatic carbocycles. The first-order valence-corrected chi connectivity index (χ1v) is 4.94. The molecule has 2 aliphatic carbocycles. The number of rotatable bonds is 0. The van der Waals surface area contributed by atoms with Gasteiger partial charge in [-0.05, 0) is 11.7 Å². The molecule has 2 atom stereocenters. The van der Waals surface area contributed by atoms with Crippen LogP contribution in [0.3, 0.4) is 0 Å². The van der Waals surface area contributed by atoms with Crippen molar-refractivity contribution in [2.24, 2.45) is 11.8 Å². The van der Waals surface area contributed by atoms with Crippen molar-refractivity contribution in [3.8, 4) is 0 Å². The first-order valence-electron chi connectivity index (χ1n) is 4.94. The SMILES string of the molecule is CC1[C-]=C(F)C(F)=C1F.CC1[C-]=C(F)C(F)=C1F.[Ru+2]. The molecule has 0 heterocycles. The van der Waals surface area contributed by atoms with E-state index >= 15 is 0 Å². The van der Waals surface area contributed by atoms with Crippen LogP contribution in [0.25, 0.3) is 0 Å². The van der Waals surface area contributed by atoms with Gasteiger partial charge in [-0.25, -0.2) is 29.7 Å². The van der Waals surface area contributed by atoms with E-state index in [1.165, 1.54) is 13.8 Å². The predicted molar refractivity (Wildman–Crippen MR) is 52.5 cm³/mol. The normalized spacial score (nSPS) is 25.7. The summed E-state index contributed by atoms with van der Waals surface area (Å²) in [5, 5.41) is 0. The molecule has 2 aliphatic rings. The molecule has 0 amide bonds. The average molecular weight is 367 g/mol. The van der Waals surface area contributed by atoms with E-state index in [4.69, 9.17) is 0 Å². The Kier molecular flexibility index (Phi) is 6.77. The fraction of sp³-hybridized carbons (Fsp3) is 0.333. The van der Waals surface area contributed by atoms with Gasteiger partial charge in [0, 0.05) is 23.3 Å². The van der Waals surface area contributed by atoms with Gasteiger partial charge in [-0.15, -0.1) is 0 Å². The number of allylic oxidation sites excluding steroid dienone is 8. The number of halogens is 6. The maximum absolute atomic E-state index is 12.1. The van der Waals surface area contributed by atoms with Crippen molar-refractivity contribution in [1.29, 1.82) is 0 Å². The molecule has 0 aliphatic heterocycles. The summed E-state index contributed by atoms with van der Waals surface area (Å²) in [6.45, 7) is 2.67. The van der Waals surface area contributed by atoms with Crippen molar-refractivity contribution >= 4 is 0 Å². The van der Waals surface area contributed by atoms with Crippen molar-refractivity contribution < 1.29 is 45.8 Å². The Balaban J connectivity index is 0.000000324. The van der Waals surface area contributed by atoms with Crippen LogP contribution in [-0.2, 0) is 19.5 Å². The van der Waals surface area contributed by atoms with Gasteiger partial charge in [-0.3, -0.25) is 0 Å². The minimum absolute atomic E-state index is 0. The van der Waals surface area contributed by atoms with Gasteiger partial charge in [0.25, 0.3) is 0 Å². The molecular formula is C12H8F6Ru. The Bertz CT molecular complexity index is 431. The molecule has 0 fully saturated rings. The molecule has 0 bridgehead atoms. The molecule has 2 unspecified atom stereocenters. The van der Waals surface area contributed by atoms with Gasteiger partial charge in [0.15, 0.2) is 0 Å². The minimum atomic E-state index is -1.40. The fourth-order valence-corrected chi connectivity index (χ4v) is 1.22. The van der Waals surface area contributed by atoms with Crippen LogP contribution in [0.2, 0.25) is 0 Å². The topological polar surface area (TPSA) is 0 Å². The van der Waals surface area contributed by atoms with E-state index in [2.05, 4.69) is 0 Å². The third kappa shape index (κ3) is 4.06. The van der Waals surface area contributed by atoms with Crippen molar-refractivity contribution in [3.63, 3.8) is 0 Å². The van der Waals surface area contributed by atoms with Gasteiger partial charge >= 0.3 is 19.5 Å². The summed E-state index contributed by atoms with van der Waals surface area (Å²) in [5.41, 5.74) is 0. The third-order valence-electron chi connectivity index (χ3n) is 2.25. The molecule has 19 heavy (non-hydrogen) atoms. The van der Waals surface area contributed by atoms with Gasteiger partial charge < -0.3 is 8.78 Å². The summed E-state index contributed by atoms with van der Waals surface area (Å²) in [6, 6.07) is 0. The van der Waals surface area contributed by atoms with E-state index in [0.29, 0.717) is 0 Å². The maximum Gasteiger partial charge on any atom is 2.00 e. The van der Waals surface area contributed by atoms with Crippen LogP contribution in [0.5, 0.6) is 0 Å². The van der Waals surface area contributed by atoms with E-state index in [-0.39, 0.29) is 19.5 Å². The molecule has 0 aromatic heterocycles. The Labute approximate surface area is 119 Å². The second kappa shape index (κ2) is 7.08. The largest absolute Gasteiger partial charge is 2.00 e. The number of hydrogen-bond acceptors (Lipinski definition) is 0. The molecule has 0 radical (unpaired) electrons. The monoisotopic (exact) mass is 368 g/mol. The van der Waals surface area contributed by atoms with Crippen LogP contribution in [0.15, 0.2) is 35.0 Å². The third-order valence-corrected chi connectivity index (χ3v) is 2.25. The molecule has 2 rings (SSSR count). The van der Waals surface area contributed by atoms with Crippen LogP contribution >= 0.6 is 0 Å². The summed E-state index contributed by atoms with van der Waals surface area (Å²) < 4.78 is 72.2. The quantitative estimate of drug-likeness (QED) is 0.325. The second-order valence-electron chi connectivity index (χ2n) is 3.68. The van der Waals surface area contributed by atoms with E-state index in [0.717, 1.165) is 0 Å². The Morgan fingerprint density at radius 2 is 0.947 bits per heavy atom.